The Bertz CT molecular complexity index is 636. The number of fused-ring (bicyclic) bond motifs is 1. The molecule has 1 saturated heterocycles. The Balaban J connectivity index is 1.73. The van der Waals surface area contributed by atoms with Crippen molar-refractivity contribution in [2.75, 3.05) is 11.4 Å². The molecular formula is C20H28N2O3. The van der Waals surface area contributed by atoms with Crippen molar-refractivity contribution in [1.29, 1.82) is 0 Å². The van der Waals surface area contributed by atoms with Crippen LogP contribution in [0.15, 0.2) is 24.3 Å². The van der Waals surface area contributed by atoms with Crippen molar-refractivity contribution in [2.45, 2.75) is 71.1 Å². The zero-order valence-corrected chi connectivity index (χ0v) is 15.4. The maximum Gasteiger partial charge on any atom is 0.268 e. The van der Waals surface area contributed by atoms with Gasteiger partial charge in [-0.1, -0.05) is 19.1 Å². The second kappa shape index (κ2) is 7.46. The SMILES string of the molecule is CCC1Oc2ccccc2N(CCC(=O)N2C(C)CCCC2C)C1=O. The number of benzene rings is 1. The van der Waals surface area contributed by atoms with E-state index in [1.807, 2.05) is 36.1 Å². The lowest BCUT2D eigenvalue weighted by molar-refractivity contribution is -0.137. The Morgan fingerprint density at radius 2 is 1.88 bits per heavy atom. The Kier molecular flexibility index (Phi) is 5.30. The number of carbonyl (C=O) groups excluding carboxylic acids is 2. The molecule has 3 atom stereocenters. The van der Waals surface area contributed by atoms with Crippen molar-refractivity contribution < 1.29 is 14.3 Å². The first kappa shape index (κ1) is 17.8. The Labute approximate surface area is 149 Å². The zero-order valence-electron chi connectivity index (χ0n) is 15.4. The average Bonchev–Trinajstić information content (AvgIpc) is 2.60. The fourth-order valence-corrected chi connectivity index (χ4v) is 4.01. The standard InChI is InChI=1S/C20H28N2O3/c1-4-17-20(24)21(16-10-5-6-11-18(16)25-17)13-12-19(23)22-14(2)8-7-9-15(22)3/h5-6,10-11,14-15,17H,4,7-9,12-13H2,1-3H3. The molecule has 1 aromatic carbocycles. The molecule has 2 aliphatic rings. The molecule has 3 rings (SSSR count). The van der Waals surface area contributed by atoms with E-state index in [9.17, 15) is 9.59 Å². The van der Waals surface area contributed by atoms with Crippen LogP contribution in [-0.4, -0.2) is 41.4 Å². The van der Waals surface area contributed by atoms with Gasteiger partial charge in [-0.25, -0.2) is 0 Å². The first-order chi connectivity index (χ1) is 12.0. The molecule has 0 saturated carbocycles. The Morgan fingerprint density at radius 1 is 1.20 bits per heavy atom. The summed E-state index contributed by atoms with van der Waals surface area (Å²) in [5.41, 5.74) is 0.768. The van der Waals surface area contributed by atoms with Gasteiger partial charge in [0.05, 0.1) is 5.69 Å². The first-order valence-corrected chi connectivity index (χ1v) is 9.41. The van der Waals surface area contributed by atoms with Crippen molar-refractivity contribution in [3.63, 3.8) is 0 Å². The molecule has 0 aromatic heterocycles. The van der Waals surface area contributed by atoms with Crippen LogP contribution < -0.4 is 9.64 Å². The molecule has 0 bridgehead atoms. The van der Waals surface area contributed by atoms with E-state index in [-0.39, 0.29) is 23.9 Å². The van der Waals surface area contributed by atoms with E-state index in [1.165, 1.54) is 6.42 Å². The van der Waals surface area contributed by atoms with Gasteiger partial charge in [-0.05, 0) is 51.7 Å². The quantitative estimate of drug-likeness (QED) is 0.841. The molecule has 0 spiro atoms. The number of ether oxygens (including phenoxy) is 1. The highest BCUT2D eigenvalue weighted by Crippen LogP contribution is 2.34. The molecule has 0 aliphatic carbocycles. The molecule has 5 heteroatoms. The topological polar surface area (TPSA) is 49.9 Å². The molecule has 2 amide bonds. The van der Waals surface area contributed by atoms with E-state index >= 15 is 0 Å². The third-order valence-corrected chi connectivity index (χ3v) is 5.37. The largest absolute Gasteiger partial charge is 0.478 e. The Morgan fingerprint density at radius 3 is 2.56 bits per heavy atom. The summed E-state index contributed by atoms with van der Waals surface area (Å²) in [5, 5.41) is 0. The number of piperidine rings is 1. The lowest BCUT2D eigenvalue weighted by Crippen LogP contribution is -2.50. The van der Waals surface area contributed by atoms with Crippen LogP contribution >= 0.6 is 0 Å². The summed E-state index contributed by atoms with van der Waals surface area (Å²) in [6.45, 7) is 6.59. The molecule has 2 heterocycles. The maximum atomic E-state index is 12.8. The third-order valence-electron chi connectivity index (χ3n) is 5.37. The van der Waals surface area contributed by atoms with Gasteiger partial charge in [-0.3, -0.25) is 9.59 Å². The molecule has 1 fully saturated rings. The maximum absolute atomic E-state index is 12.8. The first-order valence-electron chi connectivity index (χ1n) is 9.41. The van der Waals surface area contributed by atoms with E-state index in [4.69, 9.17) is 4.74 Å². The Hall–Kier alpha value is -2.04. The van der Waals surface area contributed by atoms with Gasteiger partial charge in [0.2, 0.25) is 5.91 Å². The van der Waals surface area contributed by atoms with Crippen LogP contribution in [0.1, 0.15) is 52.9 Å². The van der Waals surface area contributed by atoms with Gasteiger partial charge in [0, 0.05) is 25.0 Å². The van der Waals surface area contributed by atoms with Crippen molar-refractivity contribution in [2.24, 2.45) is 0 Å². The number of likely N-dealkylation sites (tertiary alicyclic amines) is 1. The third kappa shape index (κ3) is 3.51. The molecule has 1 aromatic rings. The number of para-hydroxylation sites is 2. The summed E-state index contributed by atoms with van der Waals surface area (Å²) in [6, 6.07) is 8.14. The summed E-state index contributed by atoms with van der Waals surface area (Å²) in [6.07, 6.45) is 3.82. The summed E-state index contributed by atoms with van der Waals surface area (Å²) in [7, 11) is 0. The molecule has 25 heavy (non-hydrogen) atoms. The summed E-state index contributed by atoms with van der Waals surface area (Å²) in [5.74, 6) is 0.819. The van der Waals surface area contributed by atoms with E-state index < -0.39 is 6.10 Å². The van der Waals surface area contributed by atoms with Gasteiger partial charge < -0.3 is 14.5 Å². The molecule has 0 N–H and O–H groups in total. The minimum atomic E-state index is -0.460. The van der Waals surface area contributed by atoms with E-state index in [0.717, 1.165) is 24.3 Å². The lowest BCUT2D eigenvalue weighted by Gasteiger charge is -2.40. The van der Waals surface area contributed by atoms with Crippen LogP contribution in [0.5, 0.6) is 5.75 Å². The van der Waals surface area contributed by atoms with Gasteiger partial charge in [0.1, 0.15) is 5.75 Å². The van der Waals surface area contributed by atoms with Gasteiger partial charge in [-0.15, -0.1) is 0 Å². The molecular weight excluding hydrogens is 316 g/mol. The van der Waals surface area contributed by atoms with Crippen molar-refractivity contribution in [3.05, 3.63) is 24.3 Å². The predicted molar refractivity (Wildman–Crippen MR) is 97.7 cm³/mol. The van der Waals surface area contributed by atoms with E-state index in [0.29, 0.717) is 19.4 Å². The highest BCUT2D eigenvalue weighted by Gasteiger charge is 2.34. The minimum absolute atomic E-state index is 0.0475. The minimum Gasteiger partial charge on any atom is -0.478 e. The summed E-state index contributed by atoms with van der Waals surface area (Å²) < 4.78 is 5.79. The number of nitrogens with zero attached hydrogens (tertiary/aromatic N) is 2. The van der Waals surface area contributed by atoms with Crippen LogP contribution in [0.25, 0.3) is 0 Å². The molecule has 2 aliphatic heterocycles. The second-order valence-electron chi connectivity index (χ2n) is 7.15. The average molecular weight is 344 g/mol. The van der Waals surface area contributed by atoms with Gasteiger partial charge >= 0.3 is 0 Å². The monoisotopic (exact) mass is 344 g/mol. The molecule has 3 unspecified atom stereocenters. The van der Waals surface area contributed by atoms with Crippen LogP contribution in [0.2, 0.25) is 0 Å². The van der Waals surface area contributed by atoms with Crippen LogP contribution in [0.3, 0.4) is 0 Å². The predicted octanol–water partition coefficient (Wildman–Crippen LogP) is 3.37. The van der Waals surface area contributed by atoms with Gasteiger partial charge in [0.25, 0.3) is 5.91 Å². The fraction of sp³-hybridized carbons (Fsp3) is 0.600. The summed E-state index contributed by atoms with van der Waals surface area (Å²) in [4.78, 5) is 29.2. The number of rotatable bonds is 4. The highest BCUT2D eigenvalue weighted by molar-refractivity contribution is 6.00. The van der Waals surface area contributed by atoms with Crippen molar-refractivity contribution in [1.82, 2.24) is 4.90 Å². The van der Waals surface area contributed by atoms with Gasteiger partial charge in [0.15, 0.2) is 6.10 Å². The second-order valence-corrected chi connectivity index (χ2v) is 7.15. The number of hydrogen-bond acceptors (Lipinski definition) is 3. The van der Waals surface area contributed by atoms with Crippen LogP contribution in [-0.2, 0) is 9.59 Å². The molecule has 5 nitrogen and oxygen atoms in total. The highest BCUT2D eigenvalue weighted by atomic mass is 16.5. The number of hydrogen-bond donors (Lipinski definition) is 0. The van der Waals surface area contributed by atoms with Crippen LogP contribution in [0, 0.1) is 0 Å². The molecule has 0 radical (unpaired) electrons. The van der Waals surface area contributed by atoms with Crippen LogP contribution in [0.4, 0.5) is 5.69 Å². The smallest absolute Gasteiger partial charge is 0.268 e. The fourth-order valence-electron chi connectivity index (χ4n) is 4.01. The number of anilines is 1. The normalized spacial score (nSPS) is 26.2. The van der Waals surface area contributed by atoms with Crippen molar-refractivity contribution in [3.8, 4) is 5.75 Å². The van der Waals surface area contributed by atoms with E-state index in [1.54, 1.807) is 4.90 Å². The molecule has 136 valence electrons. The van der Waals surface area contributed by atoms with E-state index in [2.05, 4.69) is 13.8 Å². The lowest BCUT2D eigenvalue weighted by atomic mass is 9.97. The van der Waals surface area contributed by atoms with Crippen molar-refractivity contribution >= 4 is 17.5 Å². The summed E-state index contributed by atoms with van der Waals surface area (Å²) >= 11 is 0. The number of amides is 2. The van der Waals surface area contributed by atoms with Gasteiger partial charge in [-0.2, -0.15) is 0 Å². The zero-order chi connectivity index (χ0) is 18.0. The number of carbonyl (C=O) groups is 2.